The van der Waals surface area contributed by atoms with Crippen LogP contribution >= 0.6 is 0 Å². The predicted octanol–water partition coefficient (Wildman–Crippen LogP) is 7.46. The molecular formula is C23H42O. The van der Waals surface area contributed by atoms with Crippen molar-refractivity contribution in [2.75, 3.05) is 6.61 Å². The van der Waals surface area contributed by atoms with E-state index < -0.39 is 0 Å². The molecule has 0 saturated heterocycles. The molecule has 0 saturated carbocycles. The minimum Gasteiger partial charge on any atom is -0.396 e. The minimum absolute atomic E-state index is 0.373. The Morgan fingerprint density at radius 3 is 1.25 bits per heavy atom. The van der Waals surface area contributed by atoms with Crippen LogP contribution < -0.4 is 0 Å². The van der Waals surface area contributed by atoms with Gasteiger partial charge in [-0.3, -0.25) is 0 Å². The van der Waals surface area contributed by atoms with Crippen LogP contribution in [0, 0.1) is 6.92 Å². The molecule has 0 heterocycles. The molecule has 1 aromatic carbocycles. The van der Waals surface area contributed by atoms with Crippen molar-refractivity contribution in [3.63, 3.8) is 0 Å². The van der Waals surface area contributed by atoms with Gasteiger partial charge in [0.05, 0.1) is 0 Å². The Morgan fingerprint density at radius 2 is 0.958 bits per heavy atom. The van der Waals surface area contributed by atoms with Gasteiger partial charge in [-0.25, -0.2) is 0 Å². The van der Waals surface area contributed by atoms with Crippen LogP contribution in [-0.4, -0.2) is 11.7 Å². The molecule has 0 amide bonds. The summed E-state index contributed by atoms with van der Waals surface area (Å²) in [5, 5.41) is 8.64. The van der Waals surface area contributed by atoms with Crippen LogP contribution in [0.3, 0.4) is 0 Å². The third-order valence-corrected chi connectivity index (χ3v) is 4.45. The lowest BCUT2D eigenvalue weighted by Crippen LogP contribution is -1.84. The van der Waals surface area contributed by atoms with Gasteiger partial charge in [-0.05, 0) is 13.3 Å². The van der Waals surface area contributed by atoms with Gasteiger partial charge in [0.25, 0.3) is 0 Å². The maximum atomic E-state index is 8.64. The van der Waals surface area contributed by atoms with Crippen molar-refractivity contribution in [3.8, 4) is 0 Å². The van der Waals surface area contributed by atoms with Gasteiger partial charge in [0.15, 0.2) is 0 Å². The fourth-order valence-electron chi connectivity index (χ4n) is 2.84. The molecule has 0 aliphatic carbocycles. The fraction of sp³-hybridized carbons (Fsp3) is 0.739. The Bertz CT molecular complexity index is 306. The maximum Gasteiger partial charge on any atom is 0.0431 e. The lowest BCUT2D eigenvalue weighted by atomic mass is 10.0. The van der Waals surface area contributed by atoms with Gasteiger partial charge >= 0.3 is 0 Å². The molecule has 1 N–H and O–H groups in total. The van der Waals surface area contributed by atoms with Crippen molar-refractivity contribution in [2.24, 2.45) is 0 Å². The van der Waals surface area contributed by atoms with Crippen LogP contribution in [0.4, 0.5) is 0 Å². The topological polar surface area (TPSA) is 20.2 Å². The lowest BCUT2D eigenvalue weighted by molar-refractivity contribution is 0.282. The second-order valence-corrected chi connectivity index (χ2v) is 6.97. The Hall–Kier alpha value is -0.820. The second kappa shape index (κ2) is 20.2. The molecular weight excluding hydrogens is 292 g/mol. The highest BCUT2D eigenvalue weighted by Gasteiger charge is 1.93. The SMILES string of the molecule is CCCCCCCCCCCCCCCCO.Cc1ccccc1. The summed E-state index contributed by atoms with van der Waals surface area (Å²) >= 11 is 0. The number of unbranched alkanes of at least 4 members (excludes halogenated alkanes) is 13. The lowest BCUT2D eigenvalue weighted by Gasteiger charge is -2.02. The van der Waals surface area contributed by atoms with Crippen LogP contribution in [0.15, 0.2) is 30.3 Å². The first-order chi connectivity index (χ1) is 11.8. The molecule has 0 aromatic heterocycles. The molecule has 0 aliphatic heterocycles. The van der Waals surface area contributed by atoms with E-state index in [1.165, 1.54) is 89.0 Å². The molecule has 140 valence electrons. The highest BCUT2D eigenvalue weighted by molar-refractivity contribution is 5.11. The largest absolute Gasteiger partial charge is 0.396 e. The Morgan fingerprint density at radius 1 is 0.583 bits per heavy atom. The summed E-state index contributed by atoms with van der Waals surface area (Å²) < 4.78 is 0. The Balaban J connectivity index is 0.000000620. The van der Waals surface area contributed by atoms with Crippen LogP contribution in [0.1, 0.15) is 102 Å². The van der Waals surface area contributed by atoms with Gasteiger partial charge < -0.3 is 5.11 Å². The van der Waals surface area contributed by atoms with Gasteiger partial charge in [-0.2, -0.15) is 0 Å². The van der Waals surface area contributed by atoms with E-state index >= 15 is 0 Å². The third-order valence-electron chi connectivity index (χ3n) is 4.45. The average Bonchev–Trinajstić information content (AvgIpc) is 2.60. The van der Waals surface area contributed by atoms with Crippen molar-refractivity contribution in [3.05, 3.63) is 35.9 Å². The molecule has 1 aromatic rings. The maximum absolute atomic E-state index is 8.64. The molecule has 24 heavy (non-hydrogen) atoms. The third kappa shape index (κ3) is 19.2. The molecule has 1 heteroatoms. The minimum atomic E-state index is 0.373. The second-order valence-electron chi connectivity index (χ2n) is 6.97. The van der Waals surface area contributed by atoms with Gasteiger partial charge in [-0.15, -0.1) is 0 Å². The van der Waals surface area contributed by atoms with E-state index in [4.69, 9.17) is 5.11 Å². The number of hydrogen-bond donors (Lipinski definition) is 1. The smallest absolute Gasteiger partial charge is 0.0431 e. The number of rotatable bonds is 14. The summed E-state index contributed by atoms with van der Waals surface area (Å²) in [6.07, 6.45) is 19.2. The number of hydrogen-bond acceptors (Lipinski definition) is 1. The number of aliphatic hydroxyl groups is 1. The first-order valence-corrected chi connectivity index (χ1v) is 10.4. The highest BCUT2D eigenvalue weighted by atomic mass is 16.2. The van der Waals surface area contributed by atoms with E-state index in [-0.39, 0.29) is 0 Å². The van der Waals surface area contributed by atoms with Crippen molar-refractivity contribution in [1.29, 1.82) is 0 Å². The van der Waals surface area contributed by atoms with Gasteiger partial charge in [0, 0.05) is 6.61 Å². The number of aliphatic hydroxyl groups excluding tert-OH is 1. The molecule has 1 rings (SSSR count). The summed E-state index contributed by atoms with van der Waals surface area (Å²) in [4.78, 5) is 0. The number of benzene rings is 1. The van der Waals surface area contributed by atoms with E-state index in [0.29, 0.717) is 6.61 Å². The van der Waals surface area contributed by atoms with E-state index in [2.05, 4.69) is 26.0 Å². The first-order valence-electron chi connectivity index (χ1n) is 10.4. The summed E-state index contributed by atoms with van der Waals surface area (Å²) in [6.45, 7) is 4.73. The molecule has 0 unspecified atom stereocenters. The quantitative estimate of drug-likeness (QED) is 0.350. The first kappa shape index (κ1) is 23.2. The van der Waals surface area contributed by atoms with Crippen molar-refractivity contribution >= 4 is 0 Å². The van der Waals surface area contributed by atoms with Gasteiger partial charge in [0.2, 0.25) is 0 Å². The van der Waals surface area contributed by atoms with E-state index in [1.54, 1.807) is 0 Å². The van der Waals surface area contributed by atoms with E-state index in [1.807, 2.05) is 18.2 Å². The summed E-state index contributed by atoms with van der Waals surface area (Å²) in [5.74, 6) is 0. The van der Waals surface area contributed by atoms with Gasteiger partial charge in [0.1, 0.15) is 0 Å². The van der Waals surface area contributed by atoms with Crippen molar-refractivity contribution in [2.45, 2.75) is 104 Å². The Labute approximate surface area is 151 Å². The van der Waals surface area contributed by atoms with Crippen molar-refractivity contribution in [1.82, 2.24) is 0 Å². The highest BCUT2D eigenvalue weighted by Crippen LogP contribution is 2.12. The Kier molecular flexibility index (Phi) is 19.5. The molecule has 0 spiro atoms. The molecule has 0 bridgehead atoms. The molecule has 1 nitrogen and oxygen atoms in total. The van der Waals surface area contributed by atoms with Crippen molar-refractivity contribution < 1.29 is 5.11 Å². The van der Waals surface area contributed by atoms with Crippen LogP contribution in [0.5, 0.6) is 0 Å². The standard InChI is InChI=1S/C16H34O.C7H8/c1-2-3-4-5-6-7-8-9-10-11-12-13-14-15-16-17;1-7-5-3-2-4-6-7/h17H,2-16H2,1H3;2-6H,1H3. The summed E-state index contributed by atoms with van der Waals surface area (Å²) in [5.41, 5.74) is 1.32. The van der Waals surface area contributed by atoms with E-state index in [0.717, 1.165) is 6.42 Å². The average molecular weight is 335 g/mol. The van der Waals surface area contributed by atoms with E-state index in [9.17, 15) is 0 Å². The zero-order chi connectivity index (χ0) is 17.7. The van der Waals surface area contributed by atoms with Gasteiger partial charge in [-0.1, -0.05) is 126 Å². The molecule has 0 aliphatic rings. The number of aryl methyl sites for hydroxylation is 1. The van der Waals surface area contributed by atoms with Crippen LogP contribution in [0.25, 0.3) is 0 Å². The molecule has 0 radical (unpaired) electrons. The van der Waals surface area contributed by atoms with Crippen LogP contribution in [0.2, 0.25) is 0 Å². The predicted molar refractivity (Wildman–Crippen MR) is 109 cm³/mol. The summed E-state index contributed by atoms with van der Waals surface area (Å²) in [6, 6.07) is 10.3. The fourth-order valence-corrected chi connectivity index (χ4v) is 2.84. The zero-order valence-corrected chi connectivity index (χ0v) is 16.4. The molecule has 0 atom stereocenters. The summed E-state index contributed by atoms with van der Waals surface area (Å²) in [7, 11) is 0. The molecule has 0 fully saturated rings. The normalized spacial score (nSPS) is 10.3. The monoisotopic (exact) mass is 334 g/mol. The van der Waals surface area contributed by atoms with Crippen LogP contribution in [-0.2, 0) is 0 Å². The zero-order valence-electron chi connectivity index (χ0n) is 16.4.